The van der Waals surface area contributed by atoms with Gasteiger partial charge in [0.25, 0.3) is 5.91 Å². The SMILES string of the molecule is CN(CC1CCN(C(=O)OC(C)(C)C)CC1)C(=O)c1ccc2nc[nH]c2c1. The molecule has 0 atom stereocenters. The highest BCUT2D eigenvalue weighted by molar-refractivity contribution is 5.97. The molecule has 2 aromatic rings. The summed E-state index contributed by atoms with van der Waals surface area (Å²) >= 11 is 0. The first-order chi connectivity index (χ1) is 12.7. The molecule has 1 aliphatic heterocycles. The first kappa shape index (κ1) is 19.2. The highest BCUT2D eigenvalue weighted by Crippen LogP contribution is 2.21. The number of carbonyl (C=O) groups is 2. The largest absolute Gasteiger partial charge is 0.444 e. The number of likely N-dealkylation sites (tertiary alicyclic amines) is 1. The molecule has 0 aliphatic carbocycles. The zero-order chi connectivity index (χ0) is 19.6. The summed E-state index contributed by atoms with van der Waals surface area (Å²) in [6, 6.07) is 5.51. The van der Waals surface area contributed by atoms with E-state index in [-0.39, 0.29) is 12.0 Å². The number of rotatable bonds is 3. The van der Waals surface area contributed by atoms with Crippen LogP contribution in [0.25, 0.3) is 11.0 Å². The van der Waals surface area contributed by atoms with E-state index in [2.05, 4.69) is 9.97 Å². The molecule has 0 bridgehead atoms. The lowest BCUT2D eigenvalue weighted by atomic mass is 9.96. The van der Waals surface area contributed by atoms with Gasteiger partial charge in [-0.05, 0) is 57.7 Å². The van der Waals surface area contributed by atoms with E-state index in [4.69, 9.17) is 4.74 Å². The molecule has 1 aromatic carbocycles. The van der Waals surface area contributed by atoms with Crippen molar-refractivity contribution in [3.05, 3.63) is 30.1 Å². The lowest BCUT2D eigenvalue weighted by molar-refractivity contribution is 0.0171. The number of imidazole rings is 1. The van der Waals surface area contributed by atoms with Gasteiger partial charge in [0.05, 0.1) is 17.4 Å². The number of aromatic amines is 1. The van der Waals surface area contributed by atoms with Crippen molar-refractivity contribution in [2.24, 2.45) is 5.92 Å². The van der Waals surface area contributed by atoms with Crippen molar-refractivity contribution in [2.75, 3.05) is 26.7 Å². The molecule has 146 valence electrons. The molecule has 1 fully saturated rings. The van der Waals surface area contributed by atoms with E-state index in [0.717, 1.165) is 23.9 Å². The Morgan fingerprint density at radius 1 is 1.30 bits per heavy atom. The smallest absolute Gasteiger partial charge is 0.410 e. The highest BCUT2D eigenvalue weighted by Gasteiger charge is 2.28. The predicted molar refractivity (Wildman–Crippen MR) is 104 cm³/mol. The second kappa shape index (κ2) is 7.58. The third-order valence-corrected chi connectivity index (χ3v) is 4.81. The zero-order valence-corrected chi connectivity index (χ0v) is 16.5. The van der Waals surface area contributed by atoms with Gasteiger partial charge in [-0.1, -0.05) is 0 Å². The van der Waals surface area contributed by atoms with Gasteiger partial charge in [0.1, 0.15) is 5.60 Å². The minimum absolute atomic E-state index is 0.000992. The number of aromatic nitrogens is 2. The number of benzene rings is 1. The van der Waals surface area contributed by atoms with Crippen molar-refractivity contribution in [2.45, 2.75) is 39.2 Å². The van der Waals surface area contributed by atoms with Gasteiger partial charge in [0.2, 0.25) is 0 Å². The van der Waals surface area contributed by atoms with Gasteiger partial charge < -0.3 is 19.5 Å². The Bertz CT molecular complexity index is 816. The monoisotopic (exact) mass is 372 g/mol. The average Bonchev–Trinajstić information content (AvgIpc) is 3.07. The topological polar surface area (TPSA) is 78.5 Å². The number of amides is 2. The van der Waals surface area contributed by atoms with E-state index in [0.29, 0.717) is 31.1 Å². The maximum Gasteiger partial charge on any atom is 0.410 e. The molecule has 0 unspecified atom stereocenters. The normalized spacial score (nSPS) is 15.8. The van der Waals surface area contributed by atoms with E-state index in [1.54, 1.807) is 16.1 Å². The van der Waals surface area contributed by atoms with Gasteiger partial charge >= 0.3 is 6.09 Å². The van der Waals surface area contributed by atoms with Gasteiger partial charge in [-0.15, -0.1) is 0 Å². The third-order valence-electron chi connectivity index (χ3n) is 4.81. The average molecular weight is 372 g/mol. The minimum Gasteiger partial charge on any atom is -0.444 e. The Morgan fingerprint density at radius 2 is 2.00 bits per heavy atom. The molecule has 0 spiro atoms. The zero-order valence-electron chi connectivity index (χ0n) is 16.5. The summed E-state index contributed by atoms with van der Waals surface area (Å²) in [7, 11) is 1.83. The van der Waals surface area contributed by atoms with Crippen LogP contribution < -0.4 is 0 Å². The fraction of sp³-hybridized carbons (Fsp3) is 0.550. The van der Waals surface area contributed by atoms with Gasteiger partial charge in [-0.25, -0.2) is 9.78 Å². The molecule has 7 heteroatoms. The van der Waals surface area contributed by atoms with Gasteiger partial charge in [0.15, 0.2) is 0 Å². The van der Waals surface area contributed by atoms with Crippen LogP contribution in [0.1, 0.15) is 44.0 Å². The number of H-pyrrole nitrogens is 1. The summed E-state index contributed by atoms with van der Waals surface area (Å²) in [5.41, 5.74) is 1.89. The van der Waals surface area contributed by atoms with E-state index in [1.807, 2.05) is 46.0 Å². The van der Waals surface area contributed by atoms with Crippen LogP contribution in [-0.4, -0.2) is 64.1 Å². The van der Waals surface area contributed by atoms with E-state index in [9.17, 15) is 9.59 Å². The number of piperidine rings is 1. The first-order valence-corrected chi connectivity index (χ1v) is 9.39. The molecule has 2 amide bonds. The molecule has 3 rings (SSSR count). The molecule has 1 aromatic heterocycles. The molecule has 0 saturated carbocycles. The summed E-state index contributed by atoms with van der Waals surface area (Å²) in [4.78, 5) is 35.6. The van der Waals surface area contributed by atoms with Gasteiger partial charge in [-0.2, -0.15) is 0 Å². The van der Waals surface area contributed by atoms with Gasteiger partial charge in [0, 0.05) is 32.2 Å². The van der Waals surface area contributed by atoms with E-state index >= 15 is 0 Å². The molecule has 1 saturated heterocycles. The summed E-state index contributed by atoms with van der Waals surface area (Å²) in [5, 5.41) is 0. The van der Waals surface area contributed by atoms with E-state index in [1.165, 1.54) is 0 Å². The number of nitrogens with zero attached hydrogens (tertiary/aromatic N) is 3. The first-order valence-electron chi connectivity index (χ1n) is 9.39. The van der Waals surface area contributed by atoms with Crippen molar-refractivity contribution in [1.82, 2.24) is 19.8 Å². The lowest BCUT2D eigenvalue weighted by Gasteiger charge is -2.34. The number of carbonyl (C=O) groups excluding carboxylic acids is 2. The quantitative estimate of drug-likeness (QED) is 0.897. The summed E-state index contributed by atoms with van der Waals surface area (Å²) in [6.07, 6.45) is 3.12. The van der Waals surface area contributed by atoms with Crippen molar-refractivity contribution in [3.8, 4) is 0 Å². The van der Waals surface area contributed by atoms with Crippen LogP contribution in [0.4, 0.5) is 4.79 Å². The number of ether oxygens (including phenoxy) is 1. The van der Waals surface area contributed by atoms with Gasteiger partial charge in [-0.3, -0.25) is 4.79 Å². The van der Waals surface area contributed by atoms with Crippen LogP contribution in [-0.2, 0) is 4.74 Å². The molecule has 0 radical (unpaired) electrons. The molecule has 1 N–H and O–H groups in total. The van der Waals surface area contributed by atoms with Crippen LogP contribution in [0.2, 0.25) is 0 Å². The van der Waals surface area contributed by atoms with Crippen molar-refractivity contribution in [1.29, 1.82) is 0 Å². The lowest BCUT2D eigenvalue weighted by Crippen LogP contribution is -2.44. The van der Waals surface area contributed by atoms with Crippen LogP contribution in [0.15, 0.2) is 24.5 Å². The standard InChI is InChI=1S/C20H28N4O3/c1-20(2,3)27-19(26)24-9-7-14(8-10-24)12-23(4)18(25)15-5-6-16-17(11-15)22-13-21-16/h5-6,11,13-14H,7-10,12H2,1-4H3,(H,21,22). The second-order valence-electron chi connectivity index (χ2n) is 8.23. The number of hydrogen-bond acceptors (Lipinski definition) is 4. The number of nitrogens with one attached hydrogen (secondary N) is 1. The summed E-state index contributed by atoms with van der Waals surface area (Å²) in [5.74, 6) is 0.384. The molecule has 27 heavy (non-hydrogen) atoms. The summed E-state index contributed by atoms with van der Waals surface area (Å²) < 4.78 is 5.43. The maximum absolute atomic E-state index is 12.7. The predicted octanol–water partition coefficient (Wildman–Crippen LogP) is 3.28. The number of hydrogen-bond donors (Lipinski definition) is 1. The Balaban J connectivity index is 1.52. The van der Waals surface area contributed by atoms with Crippen molar-refractivity contribution >= 4 is 23.0 Å². The molecule has 2 heterocycles. The van der Waals surface area contributed by atoms with Crippen LogP contribution in [0.3, 0.4) is 0 Å². The Hall–Kier alpha value is -2.57. The minimum atomic E-state index is -0.476. The second-order valence-corrected chi connectivity index (χ2v) is 8.23. The number of fused-ring (bicyclic) bond motifs is 1. The molecular formula is C20H28N4O3. The molecule has 7 nitrogen and oxygen atoms in total. The Labute approximate surface area is 159 Å². The van der Waals surface area contributed by atoms with Crippen LogP contribution in [0.5, 0.6) is 0 Å². The van der Waals surface area contributed by atoms with Crippen molar-refractivity contribution in [3.63, 3.8) is 0 Å². The van der Waals surface area contributed by atoms with Crippen molar-refractivity contribution < 1.29 is 14.3 Å². The van der Waals surface area contributed by atoms with Crippen LogP contribution >= 0.6 is 0 Å². The molecular weight excluding hydrogens is 344 g/mol. The van der Waals surface area contributed by atoms with Crippen LogP contribution in [0, 0.1) is 5.92 Å². The fourth-order valence-corrected chi connectivity index (χ4v) is 3.38. The maximum atomic E-state index is 12.7. The Morgan fingerprint density at radius 3 is 2.67 bits per heavy atom. The highest BCUT2D eigenvalue weighted by atomic mass is 16.6. The molecule has 1 aliphatic rings. The Kier molecular flexibility index (Phi) is 5.39. The van der Waals surface area contributed by atoms with E-state index < -0.39 is 5.60 Å². The fourth-order valence-electron chi connectivity index (χ4n) is 3.38. The summed E-state index contributed by atoms with van der Waals surface area (Å²) in [6.45, 7) is 7.64. The third kappa shape index (κ3) is 4.78.